The van der Waals surface area contributed by atoms with E-state index in [0.29, 0.717) is 29.7 Å². The number of rotatable bonds is 4. The maximum Gasteiger partial charge on any atom is 0.471 e. The molecule has 0 aliphatic heterocycles. The molecule has 0 aliphatic rings. The molecule has 10 heteroatoms. The molecule has 0 saturated carbocycles. The molecule has 7 nitrogen and oxygen atoms in total. The summed E-state index contributed by atoms with van der Waals surface area (Å²) in [7, 11) is 0. The van der Waals surface area contributed by atoms with Crippen molar-refractivity contribution in [1.29, 1.82) is 0 Å². The number of alkyl halides is 3. The summed E-state index contributed by atoms with van der Waals surface area (Å²) in [6.45, 7) is 2.30. The first kappa shape index (κ1) is 16.0. The van der Waals surface area contributed by atoms with E-state index in [2.05, 4.69) is 25.0 Å². The number of benzene rings is 1. The van der Waals surface area contributed by atoms with Gasteiger partial charge in [-0.1, -0.05) is 5.16 Å². The maximum atomic E-state index is 12.5. The van der Waals surface area contributed by atoms with Gasteiger partial charge in [-0.25, -0.2) is 4.98 Å². The molecule has 0 radical (unpaired) electrons. The second-order valence-corrected chi connectivity index (χ2v) is 5.05. The molecule has 1 amide bonds. The zero-order valence-corrected chi connectivity index (χ0v) is 12.5. The third-order valence-electron chi connectivity index (χ3n) is 3.27. The first-order valence-electron chi connectivity index (χ1n) is 6.95. The quantitative estimate of drug-likeness (QED) is 0.788. The molecule has 2 aromatic heterocycles. The molecule has 1 N–H and O–H groups in total. The molecule has 0 atom stereocenters. The van der Waals surface area contributed by atoms with E-state index in [4.69, 9.17) is 0 Å². The van der Waals surface area contributed by atoms with Crippen LogP contribution in [0.4, 0.5) is 13.2 Å². The fraction of sp³-hybridized carbons (Fsp3) is 0.286. The van der Waals surface area contributed by atoms with E-state index in [9.17, 15) is 18.0 Å². The fourth-order valence-corrected chi connectivity index (χ4v) is 2.18. The summed E-state index contributed by atoms with van der Waals surface area (Å²) in [5.41, 5.74) is 1.74. The van der Waals surface area contributed by atoms with Crippen molar-refractivity contribution in [3.8, 4) is 11.4 Å². The van der Waals surface area contributed by atoms with Gasteiger partial charge in [0.1, 0.15) is 0 Å². The minimum atomic E-state index is -4.69. The number of nitrogens with zero attached hydrogens (tertiary/aromatic N) is 4. The molecule has 3 aromatic rings. The molecule has 0 spiro atoms. The van der Waals surface area contributed by atoms with E-state index in [-0.39, 0.29) is 11.7 Å². The van der Waals surface area contributed by atoms with E-state index in [1.165, 1.54) is 6.92 Å². The highest BCUT2D eigenvalue weighted by Gasteiger charge is 2.38. The molecule has 0 fully saturated rings. The number of hydrogen-bond acceptors (Lipinski definition) is 5. The molecule has 126 valence electrons. The van der Waals surface area contributed by atoms with Crippen molar-refractivity contribution >= 4 is 16.9 Å². The van der Waals surface area contributed by atoms with E-state index >= 15 is 0 Å². The van der Waals surface area contributed by atoms with Gasteiger partial charge < -0.3 is 14.4 Å². The van der Waals surface area contributed by atoms with Crippen molar-refractivity contribution in [1.82, 2.24) is 25.0 Å². The van der Waals surface area contributed by atoms with Gasteiger partial charge in [0, 0.05) is 25.6 Å². The van der Waals surface area contributed by atoms with Gasteiger partial charge in [-0.05, 0) is 18.2 Å². The van der Waals surface area contributed by atoms with E-state index in [1.54, 1.807) is 29.1 Å². The fourth-order valence-electron chi connectivity index (χ4n) is 2.18. The van der Waals surface area contributed by atoms with Gasteiger partial charge in [0.05, 0.1) is 17.4 Å². The van der Waals surface area contributed by atoms with Crippen molar-refractivity contribution < 1.29 is 22.5 Å². The van der Waals surface area contributed by atoms with Crippen LogP contribution in [0.5, 0.6) is 0 Å². The zero-order valence-electron chi connectivity index (χ0n) is 12.5. The predicted octanol–water partition coefficient (Wildman–Crippen LogP) is 2.24. The van der Waals surface area contributed by atoms with Crippen molar-refractivity contribution in [2.75, 3.05) is 6.54 Å². The Bertz CT molecular complexity index is 884. The summed E-state index contributed by atoms with van der Waals surface area (Å²) < 4.78 is 43.7. The van der Waals surface area contributed by atoms with Crippen molar-refractivity contribution in [2.45, 2.75) is 19.6 Å². The molecule has 0 aliphatic carbocycles. The first-order valence-corrected chi connectivity index (χ1v) is 6.95. The van der Waals surface area contributed by atoms with Crippen LogP contribution in [0.25, 0.3) is 22.4 Å². The van der Waals surface area contributed by atoms with Crippen LogP contribution < -0.4 is 5.32 Å². The Morgan fingerprint density at radius 3 is 2.83 bits per heavy atom. The van der Waals surface area contributed by atoms with Crippen LogP contribution in [0, 0.1) is 0 Å². The number of halogens is 3. The Morgan fingerprint density at radius 1 is 1.38 bits per heavy atom. The topological polar surface area (TPSA) is 85.8 Å². The summed E-state index contributed by atoms with van der Waals surface area (Å²) >= 11 is 0. The van der Waals surface area contributed by atoms with Crippen molar-refractivity contribution in [3.05, 3.63) is 30.4 Å². The summed E-state index contributed by atoms with van der Waals surface area (Å²) in [6.07, 6.45) is -3.09. The van der Waals surface area contributed by atoms with Gasteiger partial charge in [-0.2, -0.15) is 18.2 Å². The Kier molecular flexibility index (Phi) is 3.96. The first-order chi connectivity index (χ1) is 11.3. The third kappa shape index (κ3) is 3.21. The van der Waals surface area contributed by atoms with Gasteiger partial charge in [0.15, 0.2) is 0 Å². The summed E-state index contributed by atoms with van der Waals surface area (Å²) in [5.74, 6) is -1.69. The van der Waals surface area contributed by atoms with E-state index in [1.807, 2.05) is 0 Å². The number of aromatic nitrogens is 4. The Hall–Kier alpha value is -2.91. The molecule has 1 aromatic carbocycles. The average Bonchev–Trinajstić information content (AvgIpc) is 3.13. The Balaban J connectivity index is 1.90. The summed E-state index contributed by atoms with van der Waals surface area (Å²) in [6, 6.07) is 4.85. The van der Waals surface area contributed by atoms with Gasteiger partial charge in [-0.3, -0.25) is 4.79 Å². The third-order valence-corrected chi connectivity index (χ3v) is 3.27. The van der Waals surface area contributed by atoms with Gasteiger partial charge >= 0.3 is 12.1 Å². The smallest absolute Gasteiger partial charge is 0.355 e. The van der Waals surface area contributed by atoms with Gasteiger partial charge in [-0.15, -0.1) is 0 Å². The molecular formula is C14H12F3N5O2. The van der Waals surface area contributed by atoms with Crippen molar-refractivity contribution in [2.24, 2.45) is 0 Å². The van der Waals surface area contributed by atoms with Crippen LogP contribution in [-0.2, 0) is 17.5 Å². The minimum Gasteiger partial charge on any atom is -0.355 e. The number of fused-ring (bicyclic) bond motifs is 1. The predicted molar refractivity (Wildman–Crippen MR) is 76.7 cm³/mol. The van der Waals surface area contributed by atoms with Crippen LogP contribution in [0.15, 0.2) is 29.0 Å². The zero-order chi connectivity index (χ0) is 17.3. The van der Waals surface area contributed by atoms with E-state index < -0.39 is 12.1 Å². The number of hydrogen-bond donors (Lipinski definition) is 1. The lowest BCUT2D eigenvalue weighted by Crippen LogP contribution is -2.24. The van der Waals surface area contributed by atoms with Gasteiger partial charge in [0.2, 0.25) is 11.7 Å². The molecule has 24 heavy (non-hydrogen) atoms. The van der Waals surface area contributed by atoms with Crippen LogP contribution in [0.3, 0.4) is 0 Å². The lowest BCUT2D eigenvalue weighted by molar-refractivity contribution is -0.159. The van der Waals surface area contributed by atoms with Crippen LogP contribution in [-0.4, -0.2) is 32.1 Å². The molecule has 3 rings (SSSR count). The minimum absolute atomic E-state index is 0.147. The van der Waals surface area contributed by atoms with Crippen LogP contribution in [0.1, 0.15) is 12.8 Å². The second-order valence-electron chi connectivity index (χ2n) is 5.05. The maximum absolute atomic E-state index is 12.5. The monoisotopic (exact) mass is 339 g/mol. The molecule has 0 bridgehead atoms. The highest BCUT2D eigenvalue weighted by Crippen LogP contribution is 2.30. The molecule has 0 saturated heterocycles. The Morgan fingerprint density at radius 2 is 2.17 bits per heavy atom. The molecular weight excluding hydrogens is 327 g/mol. The molecule has 2 heterocycles. The summed E-state index contributed by atoms with van der Waals surface area (Å²) in [5, 5.41) is 6.03. The number of nitrogens with one attached hydrogen (secondary N) is 1. The van der Waals surface area contributed by atoms with E-state index in [0.717, 1.165) is 0 Å². The standard InChI is InChI=1S/C14H12F3N5O2/c1-8(23)18-4-5-22-7-19-10-3-2-9(6-11(10)22)12-20-13(24-21-12)14(15,16)17/h2-3,6-7H,4-5H2,1H3,(H,18,23). The van der Waals surface area contributed by atoms with Crippen LogP contribution >= 0.6 is 0 Å². The highest BCUT2D eigenvalue weighted by molar-refractivity contribution is 5.80. The van der Waals surface area contributed by atoms with Gasteiger partial charge in [0.25, 0.3) is 0 Å². The Labute approximate surface area is 133 Å². The average molecular weight is 339 g/mol. The van der Waals surface area contributed by atoms with Crippen molar-refractivity contribution in [3.63, 3.8) is 0 Å². The summed E-state index contributed by atoms with van der Waals surface area (Å²) in [4.78, 5) is 18.5. The highest BCUT2D eigenvalue weighted by atomic mass is 19.4. The largest absolute Gasteiger partial charge is 0.471 e. The lowest BCUT2D eigenvalue weighted by Gasteiger charge is -2.05. The number of carbonyl (C=O) groups excluding carboxylic acids is 1. The lowest BCUT2D eigenvalue weighted by atomic mass is 10.2. The number of amides is 1. The second kappa shape index (κ2) is 5.95. The number of carbonyl (C=O) groups is 1. The SMILES string of the molecule is CC(=O)NCCn1cnc2ccc(-c3noc(C(F)(F)F)n3)cc21. The molecule has 0 unspecified atom stereocenters. The normalized spacial score (nSPS) is 11.8. The number of imidazole rings is 1. The van der Waals surface area contributed by atoms with Crippen LogP contribution in [0.2, 0.25) is 0 Å².